The Balaban J connectivity index is 1.69. The molecule has 0 aliphatic rings. The fourth-order valence-electron chi connectivity index (χ4n) is 6.15. The van der Waals surface area contributed by atoms with Crippen LogP contribution in [0.3, 0.4) is 0 Å². The molecule has 0 radical (unpaired) electrons. The molecule has 2 unspecified atom stereocenters. The molecule has 0 fully saturated rings. The number of benzene rings is 4. The molecule has 1 N–H and O–H groups in total. The van der Waals surface area contributed by atoms with Gasteiger partial charge in [0.1, 0.15) is 0 Å². The second-order valence-corrected chi connectivity index (χ2v) is 14.9. The van der Waals surface area contributed by atoms with Crippen LogP contribution >= 0.6 is 7.26 Å². The zero-order chi connectivity index (χ0) is 26.8. The Labute approximate surface area is 229 Å². The van der Waals surface area contributed by atoms with E-state index in [1.54, 1.807) is 0 Å². The molecule has 38 heavy (non-hydrogen) atoms. The van der Waals surface area contributed by atoms with Crippen LogP contribution < -0.4 is 15.9 Å². The van der Waals surface area contributed by atoms with Crippen molar-refractivity contribution in [1.82, 2.24) is 0 Å². The molecule has 0 amide bonds. The fourth-order valence-corrected chi connectivity index (χ4v) is 11.6. The average Bonchev–Trinajstić information content (AvgIpc) is 2.96. The Morgan fingerprint density at radius 1 is 0.737 bits per heavy atom. The van der Waals surface area contributed by atoms with E-state index in [2.05, 4.69) is 97.9 Å². The molecular formula is C35H41O2P. The number of hydrogen-bond donors (Lipinski definition) is 1. The number of ketones is 1. The molecule has 0 heterocycles. The third-order valence-electron chi connectivity index (χ3n) is 7.98. The van der Waals surface area contributed by atoms with Crippen LogP contribution in [0.25, 0.3) is 0 Å². The summed E-state index contributed by atoms with van der Waals surface area (Å²) in [6.45, 7) is 4.41. The number of hydrogen-bond acceptors (Lipinski definition) is 2. The van der Waals surface area contributed by atoms with Crippen molar-refractivity contribution in [2.75, 3.05) is 0 Å². The number of aliphatic hydroxyl groups is 1. The summed E-state index contributed by atoms with van der Waals surface area (Å²) in [6.07, 6.45) is 3.87. The van der Waals surface area contributed by atoms with E-state index in [9.17, 15) is 9.90 Å². The Kier molecular flexibility index (Phi) is 9.67. The topological polar surface area (TPSA) is 37.3 Å². The molecule has 0 saturated carbocycles. The van der Waals surface area contributed by atoms with Gasteiger partial charge >= 0.3 is 229 Å². The van der Waals surface area contributed by atoms with Crippen molar-refractivity contribution in [1.29, 1.82) is 0 Å². The first-order valence-corrected chi connectivity index (χ1v) is 16.0. The predicted molar refractivity (Wildman–Crippen MR) is 165 cm³/mol. The van der Waals surface area contributed by atoms with E-state index >= 15 is 0 Å². The molecule has 4 aromatic carbocycles. The van der Waals surface area contributed by atoms with Gasteiger partial charge in [-0.15, -0.1) is 0 Å². The van der Waals surface area contributed by atoms with Gasteiger partial charge in [0.25, 0.3) is 0 Å². The maximum atomic E-state index is 12.7. The Bertz CT molecular complexity index is 1160. The first-order valence-electron chi connectivity index (χ1n) is 14.0. The summed E-state index contributed by atoms with van der Waals surface area (Å²) in [5.41, 5.74) is 0.0832. The van der Waals surface area contributed by atoms with E-state index in [1.165, 1.54) is 15.9 Å². The van der Waals surface area contributed by atoms with Gasteiger partial charge in [-0.05, 0) is 0 Å². The molecule has 0 bridgehead atoms. The molecule has 0 aliphatic heterocycles. The van der Waals surface area contributed by atoms with E-state index in [4.69, 9.17) is 0 Å². The van der Waals surface area contributed by atoms with Gasteiger partial charge in [-0.2, -0.15) is 0 Å². The molecule has 3 heteroatoms. The van der Waals surface area contributed by atoms with Crippen molar-refractivity contribution in [3.63, 3.8) is 0 Å². The minimum atomic E-state index is -2.40. The molecule has 4 rings (SSSR count). The van der Waals surface area contributed by atoms with Crippen molar-refractivity contribution >= 4 is 29.0 Å². The predicted octanol–water partition coefficient (Wildman–Crippen LogP) is 6.92. The van der Waals surface area contributed by atoms with Crippen LogP contribution in [0.1, 0.15) is 57.9 Å². The molecule has 0 aliphatic carbocycles. The van der Waals surface area contributed by atoms with Gasteiger partial charge in [-0.25, -0.2) is 0 Å². The van der Waals surface area contributed by atoms with E-state index in [0.717, 1.165) is 24.8 Å². The average molecular weight is 525 g/mol. The van der Waals surface area contributed by atoms with Crippen LogP contribution in [0.4, 0.5) is 0 Å². The molecule has 198 valence electrons. The van der Waals surface area contributed by atoms with Crippen molar-refractivity contribution < 1.29 is 9.90 Å². The van der Waals surface area contributed by atoms with Crippen molar-refractivity contribution in [2.24, 2.45) is 0 Å². The third-order valence-corrected chi connectivity index (χ3v) is 13.5. The SMILES string of the molecule is CCCC(=O)CC(O)(CCCC(C)[PH](c1ccccc1)(c1ccccc1)c1ccccc1)c1ccccc1. The number of carbonyl (C=O) groups is 1. The van der Waals surface area contributed by atoms with Crippen LogP contribution in [0.2, 0.25) is 0 Å². The Hall–Kier alpha value is -3.06. The van der Waals surface area contributed by atoms with Crippen molar-refractivity contribution in [2.45, 2.75) is 63.6 Å². The van der Waals surface area contributed by atoms with Gasteiger partial charge in [0.15, 0.2) is 0 Å². The van der Waals surface area contributed by atoms with E-state index in [0.29, 0.717) is 18.5 Å². The van der Waals surface area contributed by atoms with Gasteiger partial charge in [-0.3, -0.25) is 0 Å². The van der Waals surface area contributed by atoms with Crippen molar-refractivity contribution in [3.8, 4) is 0 Å². The summed E-state index contributed by atoms with van der Waals surface area (Å²) < 4.78 is 0. The summed E-state index contributed by atoms with van der Waals surface area (Å²) in [7, 11) is -2.40. The Morgan fingerprint density at radius 3 is 1.58 bits per heavy atom. The summed E-state index contributed by atoms with van der Waals surface area (Å²) in [5.74, 6) is 0.133. The van der Waals surface area contributed by atoms with Gasteiger partial charge in [0, 0.05) is 0 Å². The van der Waals surface area contributed by atoms with Gasteiger partial charge in [-0.1, -0.05) is 0 Å². The van der Waals surface area contributed by atoms with Crippen LogP contribution in [0.5, 0.6) is 0 Å². The zero-order valence-electron chi connectivity index (χ0n) is 22.7. The van der Waals surface area contributed by atoms with Gasteiger partial charge in [0.05, 0.1) is 0 Å². The summed E-state index contributed by atoms with van der Waals surface area (Å²) in [5, 5.41) is 16.0. The quantitative estimate of drug-likeness (QED) is 0.193. The van der Waals surface area contributed by atoms with Gasteiger partial charge < -0.3 is 0 Å². The monoisotopic (exact) mass is 524 g/mol. The molecule has 0 spiro atoms. The molecule has 2 nitrogen and oxygen atoms in total. The first-order chi connectivity index (χ1) is 18.5. The van der Waals surface area contributed by atoms with Gasteiger partial charge in [0.2, 0.25) is 0 Å². The van der Waals surface area contributed by atoms with Crippen LogP contribution in [0.15, 0.2) is 121 Å². The number of Topliss-reactive ketones (excluding diaryl/α,β-unsaturated/α-hetero) is 1. The second-order valence-electron chi connectivity index (χ2n) is 10.6. The number of carbonyl (C=O) groups excluding carboxylic acids is 1. The Morgan fingerprint density at radius 2 is 1.16 bits per heavy atom. The van der Waals surface area contributed by atoms with Crippen LogP contribution in [0, 0.1) is 0 Å². The van der Waals surface area contributed by atoms with Crippen LogP contribution in [-0.2, 0) is 10.4 Å². The standard InChI is InChI=1S/C35H41O2P/c1-3-17-31(36)28-35(37,30-19-8-4-9-20-30)27-16-18-29(2)38(32-21-10-5-11-22-32,33-23-12-6-13-24-33)34-25-14-7-15-26-34/h4-15,19-26,29,37-38H,3,16-18,27-28H2,1-2H3. The summed E-state index contributed by atoms with van der Waals surface area (Å²) in [6, 6.07) is 42.8. The zero-order valence-corrected chi connectivity index (χ0v) is 23.7. The molecule has 4 aromatic rings. The molecule has 0 aromatic heterocycles. The summed E-state index contributed by atoms with van der Waals surface area (Å²) >= 11 is 0. The fraction of sp³-hybridized carbons (Fsp3) is 0.286. The minimum absolute atomic E-state index is 0.133. The molecular weight excluding hydrogens is 483 g/mol. The van der Waals surface area contributed by atoms with E-state index in [-0.39, 0.29) is 12.2 Å². The maximum absolute atomic E-state index is 12.7. The van der Waals surface area contributed by atoms with Crippen molar-refractivity contribution in [3.05, 3.63) is 127 Å². The van der Waals surface area contributed by atoms with Crippen LogP contribution in [-0.4, -0.2) is 16.5 Å². The normalized spacial score (nSPS) is 14.4. The van der Waals surface area contributed by atoms with E-state index in [1.807, 2.05) is 37.3 Å². The number of rotatable bonds is 13. The first kappa shape index (κ1) is 28.0. The summed E-state index contributed by atoms with van der Waals surface area (Å²) in [4.78, 5) is 12.7. The third kappa shape index (κ3) is 6.15. The second kappa shape index (κ2) is 13.1. The molecule has 0 saturated heterocycles. The van der Waals surface area contributed by atoms with E-state index < -0.39 is 12.9 Å². The molecule has 2 atom stereocenters.